The minimum absolute atomic E-state index is 0.0549. The van der Waals surface area contributed by atoms with Gasteiger partial charge in [-0.15, -0.1) is 0 Å². The van der Waals surface area contributed by atoms with Gasteiger partial charge in [-0.2, -0.15) is 0 Å². The first-order chi connectivity index (χ1) is 23.3. The lowest BCUT2D eigenvalue weighted by Crippen LogP contribution is -2.53. The third-order valence-electron chi connectivity index (χ3n) is 7.63. The Hall–Kier alpha value is -4.36. The van der Waals surface area contributed by atoms with E-state index in [0.717, 1.165) is 15.9 Å². The van der Waals surface area contributed by atoms with E-state index in [1.807, 2.05) is 18.2 Å². The topological polar surface area (TPSA) is 139 Å². The van der Waals surface area contributed by atoms with E-state index in [1.165, 1.54) is 55.3 Å². The summed E-state index contributed by atoms with van der Waals surface area (Å²) in [6.07, 6.45) is 0.0843. The van der Waals surface area contributed by atoms with Crippen molar-refractivity contribution >= 4 is 68.0 Å². The Morgan fingerprint density at radius 2 is 1.63 bits per heavy atom. The molecule has 0 aliphatic carbocycles. The Balaban J connectivity index is 1.90. The third kappa shape index (κ3) is 9.01. The highest BCUT2D eigenvalue weighted by molar-refractivity contribution is 7.92. The molecule has 0 aromatic heterocycles. The Kier molecular flexibility index (Phi) is 12.5. The number of amides is 2. The van der Waals surface area contributed by atoms with Crippen molar-refractivity contribution < 1.29 is 27.7 Å². The van der Waals surface area contributed by atoms with E-state index in [-0.39, 0.29) is 46.6 Å². The number of methoxy groups -OCH3 is 1. The molecule has 15 heteroatoms. The van der Waals surface area contributed by atoms with E-state index in [1.54, 1.807) is 31.2 Å². The summed E-state index contributed by atoms with van der Waals surface area (Å²) < 4.78 is 35.1. The normalized spacial score (nSPS) is 11.8. The number of nitro groups is 1. The molecule has 0 bridgehead atoms. The van der Waals surface area contributed by atoms with Gasteiger partial charge in [0, 0.05) is 46.2 Å². The van der Waals surface area contributed by atoms with Crippen LogP contribution in [0.5, 0.6) is 5.75 Å². The van der Waals surface area contributed by atoms with Crippen molar-refractivity contribution in [2.24, 2.45) is 0 Å². The fraction of sp³-hybridized carbons (Fsp3) is 0.235. The molecule has 4 rings (SSSR count). The summed E-state index contributed by atoms with van der Waals surface area (Å²) in [6, 6.07) is 20.3. The predicted octanol–water partition coefficient (Wildman–Crippen LogP) is 6.84. The molecule has 0 aliphatic heterocycles. The van der Waals surface area contributed by atoms with Crippen LogP contribution in [0.3, 0.4) is 0 Å². The van der Waals surface area contributed by atoms with Crippen molar-refractivity contribution in [1.82, 2.24) is 10.2 Å². The lowest BCUT2D eigenvalue weighted by Gasteiger charge is -2.34. The molecule has 2 amide bonds. The number of hydrogen-bond donors (Lipinski definition) is 1. The van der Waals surface area contributed by atoms with Gasteiger partial charge in [0.2, 0.25) is 11.8 Å². The van der Waals surface area contributed by atoms with Crippen LogP contribution in [-0.4, -0.2) is 56.3 Å². The largest absolute Gasteiger partial charge is 0.495 e. The molecule has 4 aromatic carbocycles. The van der Waals surface area contributed by atoms with E-state index >= 15 is 0 Å². The number of nitro benzene ring substituents is 1. The smallest absolute Gasteiger partial charge is 0.273 e. The van der Waals surface area contributed by atoms with Crippen LogP contribution in [0.1, 0.15) is 23.6 Å². The zero-order valence-electron chi connectivity index (χ0n) is 26.7. The Morgan fingerprint density at radius 3 is 2.27 bits per heavy atom. The second-order valence-electron chi connectivity index (χ2n) is 10.9. The summed E-state index contributed by atoms with van der Waals surface area (Å²) in [6.45, 7) is 2.43. The number of likely N-dealkylation sites (N-methyl/N-ethyl adjacent to an activating group) is 1. The van der Waals surface area contributed by atoms with Crippen LogP contribution >= 0.6 is 34.8 Å². The van der Waals surface area contributed by atoms with Gasteiger partial charge < -0.3 is 15.0 Å². The predicted molar refractivity (Wildman–Crippen MR) is 190 cm³/mol. The van der Waals surface area contributed by atoms with E-state index in [4.69, 9.17) is 39.5 Å². The van der Waals surface area contributed by atoms with E-state index in [0.29, 0.717) is 10.6 Å². The first-order valence-corrected chi connectivity index (χ1v) is 17.5. The second kappa shape index (κ2) is 16.4. The van der Waals surface area contributed by atoms with Crippen molar-refractivity contribution in [1.29, 1.82) is 0 Å². The van der Waals surface area contributed by atoms with Crippen molar-refractivity contribution in [3.63, 3.8) is 0 Å². The van der Waals surface area contributed by atoms with Gasteiger partial charge in [-0.25, -0.2) is 8.42 Å². The monoisotopic (exact) mass is 746 g/mol. The molecular weight excluding hydrogens is 715 g/mol. The number of hydrogen-bond acceptors (Lipinski definition) is 7. The van der Waals surface area contributed by atoms with Gasteiger partial charge in [-0.1, -0.05) is 77.3 Å². The molecule has 0 unspecified atom stereocenters. The van der Waals surface area contributed by atoms with Crippen LogP contribution < -0.4 is 14.4 Å². The quantitative estimate of drug-likeness (QED) is 0.110. The molecule has 11 nitrogen and oxygen atoms in total. The number of sulfonamides is 1. The van der Waals surface area contributed by atoms with Gasteiger partial charge in [-0.05, 0) is 61.4 Å². The first-order valence-electron chi connectivity index (χ1n) is 14.9. The lowest BCUT2D eigenvalue weighted by atomic mass is 10.0. The maximum absolute atomic E-state index is 14.6. The zero-order chi connectivity index (χ0) is 35.9. The number of carbonyl (C=O) groups excluding carboxylic acids is 2. The highest BCUT2D eigenvalue weighted by Gasteiger charge is 2.36. The SMILES string of the molecule is CCNC(=O)[C@H](Cc1ccccc1)N(Cc1ccc(Cl)cc1Cl)C(=O)CN(c1cc(Cl)ccc1OC)S(=O)(=O)c1ccc(C)c([N+](=O)[O-])c1. The molecule has 0 spiro atoms. The Morgan fingerprint density at radius 1 is 0.959 bits per heavy atom. The highest BCUT2D eigenvalue weighted by Crippen LogP contribution is 2.36. The van der Waals surface area contributed by atoms with E-state index < -0.39 is 49.9 Å². The third-order valence-corrected chi connectivity index (χ3v) is 10.2. The van der Waals surface area contributed by atoms with Gasteiger partial charge in [0.25, 0.3) is 15.7 Å². The number of ether oxygens (including phenoxy) is 1. The molecule has 0 aliphatic rings. The van der Waals surface area contributed by atoms with Crippen LogP contribution in [0.2, 0.25) is 15.1 Å². The summed E-state index contributed by atoms with van der Waals surface area (Å²) in [5.41, 5.74) is 0.901. The van der Waals surface area contributed by atoms with Crippen LogP contribution in [0.4, 0.5) is 11.4 Å². The number of halogens is 3. The average Bonchev–Trinajstić information content (AvgIpc) is 3.06. The molecule has 49 heavy (non-hydrogen) atoms. The Bertz CT molecular complexity index is 1960. The molecule has 0 saturated carbocycles. The maximum Gasteiger partial charge on any atom is 0.273 e. The van der Waals surface area contributed by atoms with Gasteiger partial charge in [0.15, 0.2) is 0 Å². The molecule has 0 saturated heterocycles. The number of benzene rings is 4. The molecular formula is C34H33Cl3N4O7S. The fourth-order valence-electron chi connectivity index (χ4n) is 5.12. The molecule has 0 heterocycles. The van der Waals surface area contributed by atoms with Crippen molar-refractivity contribution in [3.05, 3.63) is 127 Å². The number of anilines is 1. The molecule has 0 fully saturated rings. The standard InChI is InChI=1S/C34H33Cl3N4O7S/c1-4-38-34(43)31(16-23-8-6-5-7-9-23)39(20-24-11-12-25(35)17-28(24)37)33(42)21-40(30-18-26(36)13-15-32(30)48-3)49(46,47)27-14-10-22(2)29(19-27)41(44)45/h5-15,17-19,31H,4,16,20-21H2,1-3H3,(H,38,43)/t31-/m0/s1. The first kappa shape index (κ1) is 37.5. The fourth-order valence-corrected chi connectivity index (χ4v) is 7.20. The van der Waals surface area contributed by atoms with E-state index in [9.17, 15) is 28.1 Å². The average molecular weight is 748 g/mol. The van der Waals surface area contributed by atoms with Gasteiger partial charge in [0.1, 0.15) is 18.3 Å². The number of carbonyl (C=O) groups is 2. The second-order valence-corrected chi connectivity index (χ2v) is 14.0. The minimum Gasteiger partial charge on any atom is -0.495 e. The summed E-state index contributed by atoms with van der Waals surface area (Å²) in [7, 11) is -3.39. The summed E-state index contributed by atoms with van der Waals surface area (Å²) in [4.78, 5) is 40.2. The molecule has 1 N–H and O–H groups in total. The van der Waals surface area contributed by atoms with Gasteiger partial charge in [-0.3, -0.25) is 24.0 Å². The molecule has 4 aromatic rings. The number of aryl methyl sites for hydroxylation is 1. The van der Waals surface area contributed by atoms with Crippen molar-refractivity contribution in [2.45, 2.75) is 37.8 Å². The summed E-state index contributed by atoms with van der Waals surface area (Å²) in [5, 5.41) is 15.3. The van der Waals surface area contributed by atoms with Crippen LogP contribution in [-0.2, 0) is 32.6 Å². The highest BCUT2D eigenvalue weighted by atomic mass is 35.5. The zero-order valence-corrected chi connectivity index (χ0v) is 29.8. The van der Waals surface area contributed by atoms with Gasteiger partial charge >= 0.3 is 0 Å². The van der Waals surface area contributed by atoms with Crippen LogP contribution in [0.15, 0.2) is 89.8 Å². The van der Waals surface area contributed by atoms with Crippen molar-refractivity contribution in [2.75, 3.05) is 24.5 Å². The van der Waals surface area contributed by atoms with Crippen LogP contribution in [0, 0.1) is 17.0 Å². The number of rotatable bonds is 14. The molecule has 258 valence electrons. The van der Waals surface area contributed by atoms with Crippen molar-refractivity contribution in [3.8, 4) is 5.75 Å². The minimum atomic E-state index is -4.71. The van der Waals surface area contributed by atoms with Gasteiger partial charge in [0.05, 0.1) is 22.6 Å². The molecule has 0 radical (unpaired) electrons. The maximum atomic E-state index is 14.6. The van der Waals surface area contributed by atoms with E-state index in [2.05, 4.69) is 5.32 Å². The lowest BCUT2D eigenvalue weighted by molar-refractivity contribution is -0.385. The summed E-state index contributed by atoms with van der Waals surface area (Å²) in [5.74, 6) is -1.21. The molecule has 1 atom stereocenters. The summed E-state index contributed by atoms with van der Waals surface area (Å²) >= 11 is 19.0. The number of nitrogens with one attached hydrogen (secondary N) is 1. The van der Waals surface area contributed by atoms with Crippen LogP contribution in [0.25, 0.3) is 0 Å². The number of nitrogens with zero attached hydrogens (tertiary/aromatic N) is 3. The Labute approximate surface area is 299 Å².